The third-order valence-corrected chi connectivity index (χ3v) is 3.87. The molecule has 1 aliphatic heterocycles. The molecule has 0 amide bonds. The Morgan fingerprint density at radius 3 is 2.47 bits per heavy atom. The van der Waals surface area contributed by atoms with E-state index in [0.717, 1.165) is 11.2 Å². The topological polar surface area (TPSA) is 25.4 Å². The zero-order valence-corrected chi connectivity index (χ0v) is 12.3. The smallest absolute Gasteiger partial charge is 0.110 e. The van der Waals surface area contributed by atoms with E-state index >= 15 is 0 Å². The van der Waals surface area contributed by atoms with Gasteiger partial charge in [0.05, 0.1) is 11.6 Å². The Balaban J connectivity index is 2.03. The van der Waals surface area contributed by atoms with Crippen LogP contribution in [0, 0.1) is 19.3 Å². The number of epoxide rings is 1. The second kappa shape index (κ2) is 4.04. The van der Waals surface area contributed by atoms with Crippen LogP contribution in [-0.4, -0.2) is 11.1 Å². The highest BCUT2D eigenvalue weighted by Gasteiger charge is 2.48. The Morgan fingerprint density at radius 1 is 1.11 bits per heavy atom. The van der Waals surface area contributed by atoms with Crippen LogP contribution in [0.4, 0.5) is 0 Å². The van der Waals surface area contributed by atoms with E-state index in [2.05, 4.69) is 56.9 Å². The highest BCUT2D eigenvalue weighted by atomic mass is 16.6. The number of pyridine rings is 1. The number of aryl methyl sites for hydroxylation is 2. The summed E-state index contributed by atoms with van der Waals surface area (Å²) in [6, 6.07) is 8.63. The highest BCUT2D eigenvalue weighted by molar-refractivity contribution is 5.80. The maximum absolute atomic E-state index is 5.90. The SMILES string of the molecule is Cc1ccc2cc(C)c([C@H]3O[C@H]3C(C)(C)C)cc2n1. The van der Waals surface area contributed by atoms with Gasteiger partial charge in [-0.05, 0) is 48.6 Å². The second-order valence-electron chi connectivity index (χ2n) is 6.70. The Labute approximate surface area is 114 Å². The van der Waals surface area contributed by atoms with E-state index in [1.165, 1.54) is 16.5 Å². The predicted molar refractivity (Wildman–Crippen MR) is 78.3 cm³/mol. The van der Waals surface area contributed by atoms with Gasteiger partial charge >= 0.3 is 0 Å². The van der Waals surface area contributed by atoms with Crippen molar-refractivity contribution in [3.05, 3.63) is 41.1 Å². The number of hydrogen-bond acceptors (Lipinski definition) is 2. The largest absolute Gasteiger partial charge is 0.364 e. The van der Waals surface area contributed by atoms with Crippen molar-refractivity contribution < 1.29 is 4.74 Å². The van der Waals surface area contributed by atoms with Gasteiger partial charge in [-0.25, -0.2) is 0 Å². The number of ether oxygens (including phenoxy) is 1. The standard InChI is InChI=1S/C17H21NO/c1-10-8-12-7-6-11(2)18-14(12)9-13(10)15-16(19-15)17(3,4)5/h6-9,15-16H,1-5H3/t15-,16-/m1/s1. The van der Waals surface area contributed by atoms with Gasteiger partial charge in [-0.15, -0.1) is 0 Å². The van der Waals surface area contributed by atoms with Gasteiger partial charge in [0.25, 0.3) is 0 Å². The van der Waals surface area contributed by atoms with E-state index < -0.39 is 0 Å². The molecule has 0 aliphatic carbocycles. The van der Waals surface area contributed by atoms with Gasteiger partial charge < -0.3 is 4.74 Å². The van der Waals surface area contributed by atoms with Crippen molar-refractivity contribution in [1.29, 1.82) is 0 Å². The van der Waals surface area contributed by atoms with E-state index in [-0.39, 0.29) is 11.5 Å². The molecule has 1 saturated heterocycles. The maximum Gasteiger partial charge on any atom is 0.110 e. The molecule has 1 aliphatic rings. The van der Waals surface area contributed by atoms with Gasteiger partial charge in [0.2, 0.25) is 0 Å². The van der Waals surface area contributed by atoms with Gasteiger partial charge in [0.1, 0.15) is 6.10 Å². The van der Waals surface area contributed by atoms with Crippen molar-refractivity contribution in [2.75, 3.05) is 0 Å². The predicted octanol–water partition coefficient (Wildman–Crippen LogP) is 4.34. The summed E-state index contributed by atoms with van der Waals surface area (Å²) in [6.07, 6.45) is 0.570. The van der Waals surface area contributed by atoms with Gasteiger partial charge in [-0.2, -0.15) is 0 Å². The average molecular weight is 255 g/mol. The number of nitrogens with zero attached hydrogens (tertiary/aromatic N) is 1. The molecule has 0 spiro atoms. The minimum absolute atomic E-state index is 0.200. The Morgan fingerprint density at radius 2 is 1.84 bits per heavy atom. The van der Waals surface area contributed by atoms with Gasteiger partial charge in [-0.1, -0.05) is 26.8 Å². The van der Waals surface area contributed by atoms with Gasteiger partial charge in [-0.3, -0.25) is 4.98 Å². The number of fused-ring (bicyclic) bond motifs is 1. The zero-order valence-electron chi connectivity index (χ0n) is 12.3. The molecule has 2 atom stereocenters. The fourth-order valence-corrected chi connectivity index (χ4v) is 2.72. The van der Waals surface area contributed by atoms with E-state index in [1.807, 2.05) is 6.92 Å². The Bertz CT molecular complexity index is 639. The summed E-state index contributed by atoms with van der Waals surface area (Å²) in [5.41, 5.74) is 4.93. The fourth-order valence-electron chi connectivity index (χ4n) is 2.72. The lowest BCUT2D eigenvalue weighted by atomic mass is 9.87. The molecular formula is C17H21NO. The van der Waals surface area contributed by atoms with Crippen LogP contribution in [0.3, 0.4) is 0 Å². The summed E-state index contributed by atoms with van der Waals surface area (Å²) in [5, 5.41) is 1.21. The van der Waals surface area contributed by atoms with Crippen molar-refractivity contribution in [3.8, 4) is 0 Å². The van der Waals surface area contributed by atoms with E-state index in [4.69, 9.17) is 4.74 Å². The van der Waals surface area contributed by atoms with E-state index in [9.17, 15) is 0 Å². The summed E-state index contributed by atoms with van der Waals surface area (Å²) in [5.74, 6) is 0. The average Bonchev–Trinajstić information content (AvgIpc) is 3.08. The van der Waals surface area contributed by atoms with Crippen molar-refractivity contribution >= 4 is 10.9 Å². The molecule has 0 bridgehead atoms. The molecule has 100 valence electrons. The normalized spacial score (nSPS) is 22.8. The lowest BCUT2D eigenvalue weighted by Gasteiger charge is -2.15. The number of hydrogen-bond donors (Lipinski definition) is 0. The molecule has 2 heterocycles. The van der Waals surface area contributed by atoms with Gasteiger partial charge in [0.15, 0.2) is 0 Å². The monoisotopic (exact) mass is 255 g/mol. The molecule has 1 aromatic carbocycles. The zero-order chi connectivity index (χ0) is 13.8. The first-order valence-electron chi connectivity index (χ1n) is 6.89. The van der Waals surface area contributed by atoms with Crippen LogP contribution in [0.2, 0.25) is 0 Å². The molecule has 0 N–H and O–H groups in total. The molecule has 1 fully saturated rings. The van der Waals surface area contributed by atoms with Gasteiger partial charge in [0, 0.05) is 11.1 Å². The van der Waals surface area contributed by atoms with Crippen LogP contribution >= 0.6 is 0 Å². The molecule has 2 nitrogen and oxygen atoms in total. The quantitative estimate of drug-likeness (QED) is 0.708. The minimum Gasteiger partial charge on any atom is -0.364 e. The first-order valence-corrected chi connectivity index (χ1v) is 6.89. The molecule has 19 heavy (non-hydrogen) atoms. The molecule has 0 saturated carbocycles. The van der Waals surface area contributed by atoms with Crippen molar-refractivity contribution in [3.63, 3.8) is 0 Å². The number of benzene rings is 1. The number of aromatic nitrogens is 1. The third-order valence-electron chi connectivity index (χ3n) is 3.87. The summed E-state index contributed by atoms with van der Waals surface area (Å²) in [4.78, 5) is 4.62. The van der Waals surface area contributed by atoms with Crippen LogP contribution in [-0.2, 0) is 4.74 Å². The summed E-state index contributed by atoms with van der Waals surface area (Å²) >= 11 is 0. The van der Waals surface area contributed by atoms with E-state index in [0.29, 0.717) is 6.10 Å². The lowest BCUT2D eigenvalue weighted by Crippen LogP contribution is -2.14. The summed E-state index contributed by atoms with van der Waals surface area (Å²) in [7, 11) is 0. The molecular weight excluding hydrogens is 234 g/mol. The highest BCUT2D eigenvalue weighted by Crippen LogP contribution is 2.49. The lowest BCUT2D eigenvalue weighted by molar-refractivity contribution is 0.261. The Kier molecular flexibility index (Phi) is 2.68. The van der Waals surface area contributed by atoms with Crippen molar-refractivity contribution in [2.24, 2.45) is 5.41 Å². The minimum atomic E-state index is 0.200. The second-order valence-corrected chi connectivity index (χ2v) is 6.70. The van der Waals surface area contributed by atoms with Crippen LogP contribution in [0.25, 0.3) is 10.9 Å². The molecule has 2 heteroatoms. The molecule has 2 aromatic rings. The molecule has 0 radical (unpaired) electrons. The molecule has 1 aromatic heterocycles. The Hall–Kier alpha value is -1.41. The summed E-state index contributed by atoms with van der Waals surface area (Å²) < 4.78 is 5.90. The maximum atomic E-state index is 5.90. The van der Waals surface area contributed by atoms with Crippen LogP contribution < -0.4 is 0 Å². The van der Waals surface area contributed by atoms with E-state index in [1.54, 1.807) is 0 Å². The fraction of sp³-hybridized carbons (Fsp3) is 0.471. The van der Waals surface area contributed by atoms with Crippen LogP contribution in [0.15, 0.2) is 24.3 Å². The molecule has 0 unspecified atom stereocenters. The van der Waals surface area contributed by atoms with Crippen LogP contribution in [0.1, 0.15) is 43.7 Å². The molecule has 3 rings (SSSR count). The first-order chi connectivity index (χ1) is 8.86. The third kappa shape index (κ3) is 2.25. The summed E-state index contributed by atoms with van der Waals surface area (Å²) in [6.45, 7) is 10.9. The number of rotatable bonds is 1. The van der Waals surface area contributed by atoms with Crippen molar-refractivity contribution in [1.82, 2.24) is 4.98 Å². The first kappa shape index (κ1) is 12.6. The van der Waals surface area contributed by atoms with Crippen LogP contribution in [0.5, 0.6) is 0 Å². The van der Waals surface area contributed by atoms with Crippen molar-refractivity contribution in [2.45, 2.75) is 46.8 Å².